The van der Waals surface area contributed by atoms with E-state index < -0.39 is 0 Å². The number of rotatable bonds is 3. The lowest BCUT2D eigenvalue weighted by Gasteiger charge is -2.09. The summed E-state index contributed by atoms with van der Waals surface area (Å²) in [6, 6.07) is 8.49. The van der Waals surface area contributed by atoms with Crippen LogP contribution in [0.3, 0.4) is 0 Å². The van der Waals surface area contributed by atoms with Gasteiger partial charge in [-0.2, -0.15) is 5.10 Å². The minimum atomic E-state index is 0.448. The number of anilines is 1. The van der Waals surface area contributed by atoms with Crippen LogP contribution >= 0.6 is 15.9 Å². The van der Waals surface area contributed by atoms with Crippen molar-refractivity contribution >= 4 is 21.6 Å². The lowest BCUT2D eigenvalue weighted by atomic mass is 10.1. The molecule has 0 radical (unpaired) electrons. The van der Waals surface area contributed by atoms with Gasteiger partial charge in [0.05, 0.1) is 11.7 Å². The van der Waals surface area contributed by atoms with E-state index in [1.807, 2.05) is 35.1 Å². The zero-order chi connectivity index (χ0) is 12.7. The van der Waals surface area contributed by atoms with Gasteiger partial charge in [-0.25, -0.2) is 0 Å². The second-order valence-electron chi connectivity index (χ2n) is 4.97. The molecule has 0 aliphatic heterocycles. The van der Waals surface area contributed by atoms with Crippen molar-refractivity contribution in [1.82, 2.24) is 9.78 Å². The Labute approximate surface area is 115 Å². The summed E-state index contributed by atoms with van der Waals surface area (Å²) in [6.45, 7) is 2.22. The Kier molecular flexibility index (Phi) is 2.90. The number of nitrogens with two attached hydrogens (primary N) is 1. The van der Waals surface area contributed by atoms with Crippen molar-refractivity contribution in [2.24, 2.45) is 5.92 Å². The average molecular weight is 306 g/mol. The Morgan fingerprint density at radius 2 is 2.11 bits per heavy atom. The number of nitrogen functional groups attached to an aromatic ring is 1. The molecule has 0 amide bonds. The second-order valence-corrected chi connectivity index (χ2v) is 5.83. The Balaban J connectivity index is 2.00. The molecule has 3 rings (SSSR count). The fourth-order valence-electron chi connectivity index (χ4n) is 2.27. The standard InChI is InChI=1S/C14H16BrN3/c1-9(10-6-7-10)18-8-13(16)14(17-18)11-4-2-3-5-12(11)15/h2-5,8-10H,6-7,16H2,1H3. The molecule has 1 aromatic carbocycles. The van der Waals surface area contributed by atoms with Crippen LogP contribution in [0.5, 0.6) is 0 Å². The second kappa shape index (κ2) is 4.43. The Bertz CT molecular complexity index is 572. The molecule has 1 aliphatic rings. The van der Waals surface area contributed by atoms with Crippen LogP contribution in [0, 0.1) is 5.92 Å². The largest absolute Gasteiger partial charge is 0.396 e. The van der Waals surface area contributed by atoms with Gasteiger partial charge < -0.3 is 5.73 Å². The molecule has 1 unspecified atom stereocenters. The van der Waals surface area contributed by atoms with Crippen molar-refractivity contribution < 1.29 is 0 Å². The average Bonchev–Trinajstić information content (AvgIpc) is 3.13. The molecule has 0 bridgehead atoms. The highest BCUT2D eigenvalue weighted by Gasteiger charge is 2.30. The molecule has 18 heavy (non-hydrogen) atoms. The highest BCUT2D eigenvalue weighted by Crippen LogP contribution is 2.40. The summed E-state index contributed by atoms with van der Waals surface area (Å²) in [5, 5.41) is 4.66. The monoisotopic (exact) mass is 305 g/mol. The first-order chi connectivity index (χ1) is 8.66. The van der Waals surface area contributed by atoms with Gasteiger partial charge in [0.25, 0.3) is 0 Å². The number of hydrogen-bond donors (Lipinski definition) is 1. The van der Waals surface area contributed by atoms with Crippen LogP contribution in [-0.4, -0.2) is 9.78 Å². The van der Waals surface area contributed by atoms with Crippen LogP contribution in [0.4, 0.5) is 5.69 Å². The molecule has 1 saturated carbocycles. The molecule has 1 heterocycles. The number of aromatic nitrogens is 2. The molecule has 0 saturated heterocycles. The summed E-state index contributed by atoms with van der Waals surface area (Å²) in [6.07, 6.45) is 4.58. The SMILES string of the molecule is CC(C1CC1)n1cc(N)c(-c2ccccc2Br)n1. The minimum Gasteiger partial charge on any atom is -0.396 e. The maximum absolute atomic E-state index is 6.10. The first-order valence-electron chi connectivity index (χ1n) is 6.26. The maximum Gasteiger partial charge on any atom is 0.116 e. The van der Waals surface area contributed by atoms with Gasteiger partial charge in [0, 0.05) is 16.2 Å². The maximum atomic E-state index is 6.10. The van der Waals surface area contributed by atoms with E-state index in [-0.39, 0.29) is 0 Å². The molecule has 1 fully saturated rings. The van der Waals surface area contributed by atoms with Gasteiger partial charge in [0.1, 0.15) is 5.69 Å². The third kappa shape index (κ3) is 2.05. The summed E-state index contributed by atoms with van der Waals surface area (Å²) in [5.74, 6) is 0.774. The molecule has 94 valence electrons. The molecular weight excluding hydrogens is 290 g/mol. The molecule has 3 nitrogen and oxygen atoms in total. The van der Waals surface area contributed by atoms with Crippen LogP contribution in [0.2, 0.25) is 0 Å². The van der Waals surface area contributed by atoms with E-state index in [4.69, 9.17) is 5.73 Å². The summed E-state index contributed by atoms with van der Waals surface area (Å²) in [5.41, 5.74) is 8.76. The normalized spacial score (nSPS) is 16.8. The topological polar surface area (TPSA) is 43.8 Å². The van der Waals surface area contributed by atoms with Gasteiger partial charge in [-0.15, -0.1) is 0 Å². The Morgan fingerprint density at radius 3 is 2.78 bits per heavy atom. The summed E-state index contributed by atoms with van der Waals surface area (Å²) < 4.78 is 3.04. The third-order valence-corrected chi connectivity index (χ3v) is 4.30. The van der Waals surface area contributed by atoms with Crippen molar-refractivity contribution in [3.05, 3.63) is 34.9 Å². The lowest BCUT2D eigenvalue weighted by molar-refractivity contribution is 0.441. The van der Waals surface area contributed by atoms with Gasteiger partial charge in [0.2, 0.25) is 0 Å². The summed E-state index contributed by atoms with van der Waals surface area (Å²) in [7, 11) is 0. The lowest BCUT2D eigenvalue weighted by Crippen LogP contribution is -2.07. The van der Waals surface area contributed by atoms with Crippen molar-refractivity contribution in [1.29, 1.82) is 0 Å². The highest BCUT2D eigenvalue weighted by atomic mass is 79.9. The first kappa shape index (κ1) is 11.8. The molecule has 1 atom stereocenters. The molecule has 0 spiro atoms. The Hall–Kier alpha value is -1.29. The van der Waals surface area contributed by atoms with Crippen LogP contribution < -0.4 is 5.73 Å². The third-order valence-electron chi connectivity index (χ3n) is 3.61. The molecule has 4 heteroatoms. The number of nitrogens with zero attached hydrogens (tertiary/aromatic N) is 2. The molecule has 1 aromatic heterocycles. The van der Waals surface area contributed by atoms with Gasteiger partial charge in [-0.1, -0.05) is 34.1 Å². The van der Waals surface area contributed by atoms with Gasteiger partial charge in [0.15, 0.2) is 0 Å². The smallest absolute Gasteiger partial charge is 0.116 e. The summed E-state index contributed by atoms with van der Waals surface area (Å²) >= 11 is 3.55. The van der Waals surface area contributed by atoms with Crippen molar-refractivity contribution in [3.8, 4) is 11.3 Å². The van der Waals surface area contributed by atoms with Crippen LogP contribution in [0.1, 0.15) is 25.8 Å². The van der Waals surface area contributed by atoms with Gasteiger partial charge in [-0.05, 0) is 31.7 Å². The van der Waals surface area contributed by atoms with Gasteiger partial charge in [-0.3, -0.25) is 4.68 Å². The predicted octanol–water partition coefficient (Wildman–Crippen LogP) is 3.87. The van der Waals surface area contributed by atoms with E-state index in [9.17, 15) is 0 Å². The fraction of sp³-hybridized carbons (Fsp3) is 0.357. The summed E-state index contributed by atoms with van der Waals surface area (Å²) in [4.78, 5) is 0. The van der Waals surface area contributed by atoms with E-state index in [1.54, 1.807) is 0 Å². The van der Waals surface area contributed by atoms with Crippen LogP contribution in [-0.2, 0) is 0 Å². The quantitative estimate of drug-likeness (QED) is 0.935. The number of halogens is 1. The minimum absolute atomic E-state index is 0.448. The number of hydrogen-bond acceptors (Lipinski definition) is 2. The van der Waals surface area contributed by atoms with E-state index >= 15 is 0 Å². The Morgan fingerprint density at radius 1 is 1.39 bits per heavy atom. The van der Waals surface area contributed by atoms with Crippen LogP contribution in [0.15, 0.2) is 34.9 Å². The first-order valence-corrected chi connectivity index (χ1v) is 7.05. The van der Waals surface area contributed by atoms with Crippen molar-refractivity contribution in [3.63, 3.8) is 0 Å². The predicted molar refractivity (Wildman–Crippen MR) is 77.2 cm³/mol. The van der Waals surface area contributed by atoms with Crippen molar-refractivity contribution in [2.75, 3.05) is 5.73 Å². The van der Waals surface area contributed by atoms with Crippen molar-refractivity contribution in [2.45, 2.75) is 25.8 Å². The zero-order valence-electron chi connectivity index (χ0n) is 10.3. The van der Waals surface area contributed by atoms with E-state index in [1.165, 1.54) is 12.8 Å². The van der Waals surface area contributed by atoms with E-state index in [0.717, 1.165) is 27.3 Å². The number of benzene rings is 1. The van der Waals surface area contributed by atoms with Crippen LogP contribution in [0.25, 0.3) is 11.3 Å². The fourth-order valence-corrected chi connectivity index (χ4v) is 2.74. The van der Waals surface area contributed by atoms with Gasteiger partial charge >= 0.3 is 0 Å². The van der Waals surface area contributed by atoms with E-state index in [0.29, 0.717) is 6.04 Å². The molecule has 2 N–H and O–H groups in total. The zero-order valence-corrected chi connectivity index (χ0v) is 11.9. The molecule has 2 aromatic rings. The van der Waals surface area contributed by atoms with E-state index in [2.05, 4.69) is 28.0 Å². The highest BCUT2D eigenvalue weighted by molar-refractivity contribution is 9.10. The molecule has 1 aliphatic carbocycles. The molecular formula is C14H16BrN3.